The van der Waals surface area contributed by atoms with Crippen molar-refractivity contribution in [2.24, 2.45) is 17.4 Å². The topological polar surface area (TPSA) is 213 Å². The number of hydrogen-bond acceptors (Lipinski definition) is 7. The summed E-state index contributed by atoms with van der Waals surface area (Å²) in [4.78, 5) is 54.0. The third kappa shape index (κ3) is 9.05. The summed E-state index contributed by atoms with van der Waals surface area (Å²) < 4.78 is 0. The Labute approximate surface area is 228 Å². The zero-order valence-corrected chi connectivity index (χ0v) is 22.8. The summed E-state index contributed by atoms with van der Waals surface area (Å²) in [5, 5.41) is 28.5. The lowest BCUT2D eigenvalue weighted by molar-refractivity contribution is -0.143. The number of amides is 3. The first-order valence-corrected chi connectivity index (χ1v) is 13.3. The molecule has 12 heteroatoms. The standard InChI is InChI=1S/C27H42N6O6/c1-4-15(2)22(29)25(36)31-20(11-7-8-12-28)24(35)33-23(16(3)34)26(37)32-21(27(38)39)13-17-14-30-19-10-6-5-9-18(17)19/h5-6,9-10,14-16,20-23,30,34H,4,7-8,11-13,28-29H2,1-3H3,(H,31,36)(H,32,37)(H,33,35)(H,38,39). The lowest BCUT2D eigenvalue weighted by atomic mass is 9.98. The van der Waals surface area contributed by atoms with Gasteiger partial charge in [0.1, 0.15) is 18.1 Å². The van der Waals surface area contributed by atoms with Crippen molar-refractivity contribution in [2.75, 3.05) is 6.54 Å². The number of H-pyrrole nitrogens is 1. The zero-order chi connectivity index (χ0) is 29.1. The number of aliphatic hydroxyl groups is 1. The number of para-hydroxylation sites is 1. The van der Waals surface area contributed by atoms with Crippen LogP contribution in [0.1, 0.15) is 52.0 Å². The second-order valence-corrected chi connectivity index (χ2v) is 9.95. The van der Waals surface area contributed by atoms with Crippen LogP contribution in [0.2, 0.25) is 0 Å². The molecule has 0 bridgehead atoms. The highest BCUT2D eigenvalue weighted by atomic mass is 16.4. The van der Waals surface area contributed by atoms with Crippen LogP contribution in [0.4, 0.5) is 0 Å². The maximum absolute atomic E-state index is 13.2. The number of rotatable bonds is 16. The Bertz CT molecular complexity index is 1120. The molecular formula is C27H42N6O6. The fourth-order valence-corrected chi connectivity index (χ4v) is 4.18. The molecule has 2 rings (SSSR count). The summed E-state index contributed by atoms with van der Waals surface area (Å²) in [5.41, 5.74) is 13.1. The first kappa shape index (κ1) is 31.7. The third-order valence-electron chi connectivity index (χ3n) is 6.92. The minimum Gasteiger partial charge on any atom is -0.480 e. The predicted molar refractivity (Wildman–Crippen MR) is 147 cm³/mol. The van der Waals surface area contributed by atoms with Crippen LogP contribution in [-0.2, 0) is 25.6 Å². The number of aromatic amines is 1. The van der Waals surface area contributed by atoms with Crippen LogP contribution in [0, 0.1) is 5.92 Å². The summed E-state index contributed by atoms with van der Waals surface area (Å²) in [7, 11) is 0. The molecule has 39 heavy (non-hydrogen) atoms. The number of fused-ring (bicyclic) bond motifs is 1. The van der Waals surface area contributed by atoms with E-state index in [1.165, 1.54) is 6.92 Å². The maximum Gasteiger partial charge on any atom is 0.326 e. The molecule has 10 N–H and O–H groups in total. The van der Waals surface area contributed by atoms with Crippen molar-refractivity contribution in [3.05, 3.63) is 36.0 Å². The third-order valence-corrected chi connectivity index (χ3v) is 6.92. The SMILES string of the molecule is CCC(C)C(N)C(=O)NC(CCCCN)C(=O)NC(C(=O)NC(Cc1c[nH]c2ccccc12)C(=O)O)C(C)O. The Hall–Kier alpha value is -3.48. The molecule has 6 unspecified atom stereocenters. The van der Waals surface area contributed by atoms with Gasteiger partial charge in [0.05, 0.1) is 12.1 Å². The molecule has 1 aromatic carbocycles. The summed E-state index contributed by atoms with van der Waals surface area (Å²) in [6.07, 6.45) is 2.38. The number of hydrogen-bond donors (Lipinski definition) is 8. The first-order valence-electron chi connectivity index (χ1n) is 13.3. The number of carboxylic acids is 1. The predicted octanol–water partition coefficient (Wildman–Crippen LogP) is 0.133. The van der Waals surface area contributed by atoms with E-state index in [0.717, 1.165) is 10.9 Å². The molecule has 0 aliphatic carbocycles. The van der Waals surface area contributed by atoms with Gasteiger partial charge in [0, 0.05) is 23.5 Å². The smallest absolute Gasteiger partial charge is 0.326 e. The van der Waals surface area contributed by atoms with E-state index in [1.54, 1.807) is 6.20 Å². The van der Waals surface area contributed by atoms with Crippen molar-refractivity contribution < 1.29 is 29.4 Å². The molecule has 0 spiro atoms. The monoisotopic (exact) mass is 546 g/mol. The number of carbonyl (C=O) groups is 4. The summed E-state index contributed by atoms with van der Waals surface area (Å²) in [6, 6.07) is 2.75. The van der Waals surface area contributed by atoms with E-state index in [9.17, 15) is 29.4 Å². The number of aliphatic carboxylic acids is 1. The van der Waals surface area contributed by atoms with Crippen LogP contribution in [0.25, 0.3) is 10.9 Å². The summed E-state index contributed by atoms with van der Waals surface area (Å²) in [6.45, 7) is 5.44. The number of carboxylic acid groups (broad SMARTS) is 1. The van der Waals surface area contributed by atoms with Crippen LogP contribution >= 0.6 is 0 Å². The fourth-order valence-electron chi connectivity index (χ4n) is 4.18. The maximum atomic E-state index is 13.2. The summed E-state index contributed by atoms with van der Waals surface area (Å²) in [5.74, 6) is -3.44. The van der Waals surface area contributed by atoms with Crippen LogP contribution in [-0.4, -0.2) is 75.7 Å². The highest BCUT2D eigenvalue weighted by Crippen LogP contribution is 2.19. The average molecular weight is 547 g/mol. The molecule has 0 saturated carbocycles. The molecule has 0 aliphatic rings. The van der Waals surface area contributed by atoms with E-state index >= 15 is 0 Å². The second kappa shape index (κ2) is 15.2. The Morgan fingerprint density at radius 3 is 2.26 bits per heavy atom. The lowest BCUT2D eigenvalue weighted by Crippen LogP contribution is -2.60. The molecule has 0 fully saturated rings. The number of nitrogens with one attached hydrogen (secondary N) is 4. The molecule has 12 nitrogen and oxygen atoms in total. The van der Waals surface area contributed by atoms with Gasteiger partial charge in [0.25, 0.3) is 0 Å². The van der Waals surface area contributed by atoms with Gasteiger partial charge in [-0.25, -0.2) is 4.79 Å². The fraction of sp³-hybridized carbons (Fsp3) is 0.556. The molecule has 1 heterocycles. The normalized spacial score (nSPS) is 15.9. The molecular weight excluding hydrogens is 504 g/mol. The van der Waals surface area contributed by atoms with Gasteiger partial charge >= 0.3 is 5.97 Å². The second-order valence-electron chi connectivity index (χ2n) is 9.95. The van der Waals surface area contributed by atoms with Crippen molar-refractivity contribution in [3.63, 3.8) is 0 Å². The largest absolute Gasteiger partial charge is 0.480 e. The molecule has 0 aliphatic heterocycles. The van der Waals surface area contributed by atoms with Crippen LogP contribution < -0.4 is 27.4 Å². The van der Waals surface area contributed by atoms with Crippen molar-refractivity contribution in [3.8, 4) is 0 Å². The number of unbranched alkanes of at least 4 members (excludes halogenated alkanes) is 1. The average Bonchev–Trinajstić information content (AvgIpc) is 3.32. The number of carbonyl (C=O) groups excluding carboxylic acids is 3. The minimum absolute atomic E-state index is 0.0170. The van der Waals surface area contributed by atoms with Gasteiger partial charge < -0.3 is 42.6 Å². The molecule has 2 aromatic rings. The molecule has 6 atom stereocenters. The Morgan fingerprint density at radius 2 is 1.64 bits per heavy atom. The lowest BCUT2D eigenvalue weighted by Gasteiger charge is -2.27. The van der Waals surface area contributed by atoms with Crippen LogP contribution in [0.3, 0.4) is 0 Å². The highest BCUT2D eigenvalue weighted by Gasteiger charge is 2.33. The quantitative estimate of drug-likeness (QED) is 0.135. The molecule has 216 valence electrons. The van der Waals surface area contributed by atoms with Crippen LogP contribution in [0.5, 0.6) is 0 Å². The summed E-state index contributed by atoms with van der Waals surface area (Å²) >= 11 is 0. The number of aliphatic hydroxyl groups excluding tert-OH is 1. The van der Waals surface area contributed by atoms with E-state index in [-0.39, 0.29) is 18.8 Å². The van der Waals surface area contributed by atoms with Gasteiger partial charge in [-0.1, -0.05) is 38.5 Å². The minimum atomic E-state index is -1.46. The van der Waals surface area contributed by atoms with E-state index < -0.39 is 54.0 Å². The zero-order valence-electron chi connectivity index (χ0n) is 22.8. The van der Waals surface area contributed by atoms with E-state index in [0.29, 0.717) is 31.4 Å². The first-order chi connectivity index (χ1) is 18.5. The van der Waals surface area contributed by atoms with Crippen molar-refractivity contribution >= 4 is 34.6 Å². The molecule has 3 amide bonds. The van der Waals surface area contributed by atoms with Gasteiger partial charge in [0.15, 0.2) is 0 Å². The number of benzene rings is 1. The Kier molecular flexibility index (Phi) is 12.4. The van der Waals surface area contributed by atoms with Crippen molar-refractivity contribution in [1.82, 2.24) is 20.9 Å². The Morgan fingerprint density at radius 1 is 0.974 bits per heavy atom. The number of nitrogens with two attached hydrogens (primary N) is 2. The molecule has 0 saturated heterocycles. The van der Waals surface area contributed by atoms with E-state index in [1.807, 2.05) is 38.1 Å². The van der Waals surface area contributed by atoms with Gasteiger partial charge in [0.2, 0.25) is 17.7 Å². The van der Waals surface area contributed by atoms with E-state index in [4.69, 9.17) is 11.5 Å². The van der Waals surface area contributed by atoms with Gasteiger partial charge in [-0.3, -0.25) is 14.4 Å². The van der Waals surface area contributed by atoms with Crippen molar-refractivity contribution in [2.45, 2.75) is 83.1 Å². The Balaban J connectivity index is 2.15. The number of aromatic nitrogens is 1. The molecule has 0 radical (unpaired) electrons. The highest BCUT2D eigenvalue weighted by molar-refractivity contribution is 5.94. The van der Waals surface area contributed by atoms with Crippen molar-refractivity contribution in [1.29, 1.82) is 0 Å². The molecule has 1 aromatic heterocycles. The van der Waals surface area contributed by atoms with E-state index in [2.05, 4.69) is 20.9 Å². The van der Waals surface area contributed by atoms with Gasteiger partial charge in [-0.05, 0) is 50.3 Å². The van der Waals surface area contributed by atoms with Gasteiger partial charge in [-0.2, -0.15) is 0 Å². The van der Waals surface area contributed by atoms with Crippen LogP contribution in [0.15, 0.2) is 30.5 Å². The van der Waals surface area contributed by atoms with Gasteiger partial charge in [-0.15, -0.1) is 0 Å².